The highest BCUT2D eigenvalue weighted by molar-refractivity contribution is 6.51. The number of aromatic nitrogens is 2. The second kappa shape index (κ2) is 8.79. The van der Waals surface area contributed by atoms with E-state index in [0.29, 0.717) is 27.4 Å². The highest BCUT2D eigenvalue weighted by atomic mass is 16.5. The number of hydrogen-bond donors (Lipinski definition) is 1. The summed E-state index contributed by atoms with van der Waals surface area (Å²) in [4.78, 5) is 27.7. The molecule has 1 unspecified atom stereocenters. The van der Waals surface area contributed by atoms with Gasteiger partial charge in [-0.2, -0.15) is 4.73 Å². The van der Waals surface area contributed by atoms with E-state index in [1.807, 2.05) is 0 Å². The molecule has 0 radical (unpaired) electrons. The van der Waals surface area contributed by atoms with Gasteiger partial charge in [0.1, 0.15) is 23.5 Å². The maximum atomic E-state index is 13.2. The van der Waals surface area contributed by atoms with Crippen molar-refractivity contribution in [2.45, 2.75) is 6.04 Å². The quantitative estimate of drug-likeness (QED) is 0.156. The molecule has 4 aromatic rings. The lowest BCUT2D eigenvalue weighted by molar-refractivity contribution is -0.614. The number of carbonyl (C=O) groups excluding carboxylic acids is 2. The van der Waals surface area contributed by atoms with Gasteiger partial charge in [0.05, 0.1) is 12.7 Å². The van der Waals surface area contributed by atoms with E-state index in [0.717, 1.165) is 5.56 Å². The summed E-state index contributed by atoms with van der Waals surface area (Å²) in [5.41, 5.74) is 1.96. The van der Waals surface area contributed by atoms with Crippen LogP contribution in [0.2, 0.25) is 0 Å². The van der Waals surface area contributed by atoms with E-state index in [-0.39, 0.29) is 17.0 Å². The van der Waals surface area contributed by atoms with E-state index >= 15 is 0 Å². The molecule has 9 nitrogen and oxygen atoms in total. The summed E-state index contributed by atoms with van der Waals surface area (Å²) >= 11 is 0. The predicted octanol–water partition coefficient (Wildman–Crippen LogP) is 3.61. The van der Waals surface area contributed by atoms with E-state index < -0.39 is 17.7 Å². The third-order valence-electron chi connectivity index (χ3n) is 5.82. The number of benzene rings is 2. The lowest BCUT2D eigenvalue weighted by atomic mass is 9.98. The van der Waals surface area contributed by atoms with Crippen LogP contribution in [-0.4, -0.2) is 29.1 Å². The Morgan fingerprint density at radius 2 is 1.80 bits per heavy atom. The van der Waals surface area contributed by atoms with Crippen LogP contribution in [-0.2, 0) is 9.59 Å². The number of rotatable bonds is 5. The minimum Gasteiger partial charge on any atom is -0.618 e. The molecule has 0 aliphatic carbocycles. The highest BCUT2D eigenvalue weighted by Crippen LogP contribution is 2.41. The summed E-state index contributed by atoms with van der Waals surface area (Å²) < 4.78 is 10.6. The number of ketones is 1. The minimum atomic E-state index is -1.14. The number of pyridine rings is 1. The number of aliphatic hydroxyl groups is 1. The summed E-state index contributed by atoms with van der Waals surface area (Å²) in [6.45, 7) is 0. The van der Waals surface area contributed by atoms with Crippen molar-refractivity contribution in [2.75, 3.05) is 12.0 Å². The fraction of sp³-hybridized carbons (Fsp3) is 0.0769. The average Bonchev–Trinajstić information content (AvgIpc) is 3.51. The number of aliphatic hydroxyl groups excluding tert-OH is 1. The van der Waals surface area contributed by atoms with E-state index in [1.165, 1.54) is 30.5 Å². The smallest absolute Gasteiger partial charge is 0.300 e. The summed E-state index contributed by atoms with van der Waals surface area (Å²) in [6.07, 6.45) is 2.72. The van der Waals surface area contributed by atoms with Crippen molar-refractivity contribution in [1.29, 1.82) is 0 Å². The normalized spacial score (nSPS) is 17.1. The van der Waals surface area contributed by atoms with Gasteiger partial charge in [0.25, 0.3) is 11.7 Å². The average molecular weight is 469 g/mol. The lowest BCUT2D eigenvalue weighted by Gasteiger charge is -2.24. The van der Waals surface area contributed by atoms with Crippen molar-refractivity contribution in [1.82, 2.24) is 5.16 Å². The van der Waals surface area contributed by atoms with Gasteiger partial charge in [0, 0.05) is 35.0 Å². The summed E-state index contributed by atoms with van der Waals surface area (Å²) in [7, 11) is 1.51. The molecule has 0 spiro atoms. The van der Waals surface area contributed by atoms with E-state index in [2.05, 4.69) is 5.16 Å². The zero-order valence-electron chi connectivity index (χ0n) is 18.5. The Labute approximate surface area is 199 Å². The minimum absolute atomic E-state index is 0.113. The first-order chi connectivity index (χ1) is 17.0. The second-order valence-electron chi connectivity index (χ2n) is 7.78. The Morgan fingerprint density at radius 3 is 2.43 bits per heavy atom. The molecule has 1 aliphatic rings. The van der Waals surface area contributed by atoms with E-state index in [9.17, 15) is 19.9 Å². The zero-order valence-corrected chi connectivity index (χ0v) is 18.5. The molecular weight excluding hydrogens is 450 g/mol. The molecule has 1 atom stereocenters. The van der Waals surface area contributed by atoms with E-state index in [4.69, 9.17) is 9.26 Å². The number of hydrogen-bond acceptors (Lipinski definition) is 7. The molecule has 1 fully saturated rings. The molecule has 2 aromatic carbocycles. The first-order valence-corrected chi connectivity index (χ1v) is 10.6. The Hall–Kier alpha value is -4.92. The zero-order chi connectivity index (χ0) is 24.5. The van der Waals surface area contributed by atoms with Gasteiger partial charge in [-0.1, -0.05) is 17.3 Å². The van der Waals surface area contributed by atoms with Gasteiger partial charge < -0.3 is 19.6 Å². The maximum absolute atomic E-state index is 13.2. The van der Waals surface area contributed by atoms with Gasteiger partial charge in [-0.25, -0.2) is 0 Å². The van der Waals surface area contributed by atoms with Crippen molar-refractivity contribution in [3.8, 4) is 17.0 Å². The summed E-state index contributed by atoms with van der Waals surface area (Å²) in [5, 5.41) is 27.8. The summed E-state index contributed by atoms with van der Waals surface area (Å²) in [6, 6.07) is 18.4. The van der Waals surface area contributed by atoms with Crippen LogP contribution in [0.4, 0.5) is 5.69 Å². The third kappa shape index (κ3) is 3.78. The van der Waals surface area contributed by atoms with Crippen molar-refractivity contribution < 1.29 is 28.7 Å². The molecule has 1 aliphatic heterocycles. The van der Waals surface area contributed by atoms with Crippen LogP contribution < -0.4 is 14.4 Å². The molecule has 5 rings (SSSR count). The van der Waals surface area contributed by atoms with Gasteiger partial charge in [-0.15, -0.1) is 0 Å². The highest BCUT2D eigenvalue weighted by Gasteiger charge is 2.50. The number of ether oxygens (including phenoxy) is 1. The van der Waals surface area contributed by atoms with Gasteiger partial charge in [0.15, 0.2) is 12.2 Å². The number of nitrogens with zero attached hydrogens (tertiary/aromatic N) is 3. The SMILES string of the molecule is COc1ccc(C(O)=C2C(=O)C(=O)N(c3ccc(-c4ccon4)cc3)C2c2cccc[n+]2[O-])cc1. The molecule has 0 bridgehead atoms. The van der Waals surface area contributed by atoms with Crippen LogP contribution in [0.25, 0.3) is 17.0 Å². The standard InChI is InChI=1S/C26H19N3O6/c1-34-19-11-7-17(8-12-19)24(30)22-23(21-4-2-3-14-28(21)33)29(26(32)25(22)31)18-9-5-16(6-10-18)20-13-15-35-27-20/h2-15,23,30H,1H3. The number of methoxy groups -OCH3 is 1. The molecule has 0 saturated carbocycles. The van der Waals surface area contributed by atoms with E-state index in [1.54, 1.807) is 66.7 Å². The number of carbonyl (C=O) groups is 2. The molecule has 1 amide bonds. The number of amides is 1. The van der Waals surface area contributed by atoms with Crippen molar-refractivity contribution in [2.24, 2.45) is 0 Å². The molecule has 1 saturated heterocycles. The van der Waals surface area contributed by atoms with Crippen LogP contribution in [0.3, 0.4) is 0 Å². The van der Waals surface area contributed by atoms with Crippen molar-refractivity contribution in [3.05, 3.63) is 107 Å². The lowest BCUT2D eigenvalue weighted by Crippen LogP contribution is -2.39. The topological polar surface area (TPSA) is 120 Å². The van der Waals surface area contributed by atoms with Gasteiger partial charge in [-0.3, -0.25) is 14.5 Å². The largest absolute Gasteiger partial charge is 0.618 e. The van der Waals surface area contributed by atoms with Crippen molar-refractivity contribution in [3.63, 3.8) is 0 Å². The predicted molar refractivity (Wildman–Crippen MR) is 125 cm³/mol. The van der Waals surface area contributed by atoms with Crippen LogP contribution in [0, 0.1) is 5.21 Å². The van der Waals surface area contributed by atoms with Crippen LogP contribution in [0.5, 0.6) is 5.75 Å². The van der Waals surface area contributed by atoms with Crippen LogP contribution in [0.15, 0.2) is 95.4 Å². The second-order valence-corrected chi connectivity index (χ2v) is 7.78. The maximum Gasteiger partial charge on any atom is 0.300 e. The molecule has 9 heteroatoms. The fourth-order valence-corrected chi connectivity index (χ4v) is 4.09. The Morgan fingerprint density at radius 1 is 1.06 bits per heavy atom. The molecule has 3 heterocycles. The van der Waals surface area contributed by atoms with Crippen molar-refractivity contribution >= 4 is 23.1 Å². The third-order valence-corrected chi connectivity index (χ3v) is 5.82. The van der Waals surface area contributed by atoms with Gasteiger partial charge in [-0.05, 0) is 42.5 Å². The number of Topliss-reactive ketones (excluding diaryl/α,β-unsaturated/α-hetero) is 1. The fourth-order valence-electron chi connectivity index (χ4n) is 4.09. The Balaban J connectivity index is 1.66. The molecule has 35 heavy (non-hydrogen) atoms. The first-order valence-electron chi connectivity index (χ1n) is 10.6. The Bertz CT molecular complexity index is 1430. The Kier molecular flexibility index (Phi) is 5.50. The van der Waals surface area contributed by atoms with Gasteiger partial charge >= 0.3 is 0 Å². The molecule has 174 valence electrons. The van der Waals surface area contributed by atoms with Crippen LogP contribution in [0.1, 0.15) is 17.3 Å². The molecule has 2 aromatic heterocycles. The monoisotopic (exact) mass is 469 g/mol. The summed E-state index contributed by atoms with van der Waals surface area (Å²) in [5.74, 6) is -1.58. The molecular formula is C26H19N3O6. The first kappa shape index (κ1) is 21.9. The van der Waals surface area contributed by atoms with Gasteiger partial charge in [0.2, 0.25) is 5.69 Å². The number of anilines is 1. The molecule has 1 N–H and O–H groups in total. The van der Waals surface area contributed by atoms with Crippen LogP contribution >= 0.6 is 0 Å².